The van der Waals surface area contributed by atoms with Crippen LogP contribution in [0.1, 0.15) is 68.4 Å². The summed E-state index contributed by atoms with van der Waals surface area (Å²) in [5.74, 6) is 1.85. The lowest BCUT2D eigenvalue weighted by Crippen LogP contribution is -2.25. The van der Waals surface area contributed by atoms with Gasteiger partial charge in [0.2, 0.25) is 0 Å². The normalized spacial score (nSPS) is 30.3. The largest absolute Gasteiger partial charge is 0.196 e. The second kappa shape index (κ2) is 8.30. The molecule has 2 aliphatic rings. The van der Waals surface area contributed by atoms with E-state index in [1.807, 2.05) is 12.1 Å². The number of rotatable bonds is 3. The van der Waals surface area contributed by atoms with Crippen LogP contribution in [-0.4, -0.2) is 0 Å². The molecular weight excluding hydrogens is 311 g/mol. The summed E-state index contributed by atoms with van der Waals surface area (Å²) in [6, 6.07) is 11.9. The minimum absolute atomic E-state index is 0.255. The fourth-order valence-corrected chi connectivity index (χ4v) is 4.78. The zero-order chi connectivity index (χ0) is 17.6. The van der Waals surface area contributed by atoms with Crippen molar-refractivity contribution in [1.29, 1.82) is 10.5 Å². The lowest BCUT2D eigenvalue weighted by molar-refractivity contribution is 0.171. The topological polar surface area (TPSA) is 47.6 Å². The zero-order valence-corrected chi connectivity index (χ0v) is 14.6. The van der Waals surface area contributed by atoms with Crippen molar-refractivity contribution in [3.05, 3.63) is 47.3 Å². The molecular formula is C22H25FN2. The Morgan fingerprint density at radius 1 is 0.880 bits per heavy atom. The molecule has 2 nitrogen and oxygen atoms in total. The SMILES string of the molecule is N#CC(F)=CC1CCC(C2CCC(c3ccc(C#N)cc3)CC2)CC1. The van der Waals surface area contributed by atoms with E-state index in [-0.39, 0.29) is 5.92 Å². The predicted molar refractivity (Wildman–Crippen MR) is 96.1 cm³/mol. The van der Waals surface area contributed by atoms with E-state index in [9.17, 15) is 4.39 Å². The molecule has 0 amide bonds. The Hall–Kier alpha value is -2.13. The molecule has 0 radical (unpaired) electrons. The van der Waals surface area contributed by atoms with Gasteiger partial charge in [-0.25, -0.2) is 0 Å². The standard InChI is InChI=1S/C22H25FN2/c23-22(15-25)13-16-1-5-18(6-2-16)20-9-11-21(12-10-20)19-7-3-17(14-24)4-8-19/h3-4,7-8,13,16,18,20-21H,1-2,5-6,9-12H2. The van der Waals surface area contributed by atoms with E-state index in [0.29, 0.717) is 5.92 Å². The summed E-state index contributed by atoms with van der Waals surface area (Å²) in [6.07, 6.45) is 10.9. The van der Waals surface area contributed by atoms with Gasteiger partial charge in [-0.2, -0.15) is 14.9 Å². The summed E-state index contributed by atoms with van der Waals surface area (Å²) in [7, 11) is 0. The van der Waals surface area contributed by atoms with E-state index in [1.165, 1.54) is 50.2 Å². The van der Waals surface area contributed by atoms with Crippen LogP contribution < -0.4 is 0 Å². The molecule has 25 heavy (non-hydrogen) atoms. The molecule has 3 rings (SSSR count). The number of hydrogen-bond acceptors (Lipinski definition) is 2. The van der Waals surface area contributed by atoms with Gasteiger partial charge in [0.15, 0.2) is 5.83 Å². The summed E-state index contributed by atoms with van der Waals surface area (Å²) < 4.78 is 13.1. The van der Waals surface area contributed by atoms with Crippen molar-refractivity contribution in [3.63, 3.8) is 0 Å². The van der Waals surface area contributed by atoms with Crippen molar-refractivity contribution < 1.29 is 4.39 Å². The Labute approximate surface area is 150 Å². The third-order valence-electron chi connectivity index (χ3n) is 6.26. The van der Waals surface area contributed by atoms with E-state index < -0.39 is 5.83 Å². The van der Waals surface area contributed by atoms with Gasteiger partial charge in [-0.1, -0.05) is 12.1 Å². The molecule has 1 aromatic carbocycles. The van der Waals surface area contributed by atoms with Gasteiger partial charge >= 0.3 is 0 Å². The summed E-state index contributed by atoms with van der Waals surface area (Å²) in [5.41, 5.74) is 2.11. The monoisotopic (exact) mass is 336 g/mol. The highest BCUT2D eigenvalue weighted by molar-refractivity contribution is 5.33. The van der Waals surface area contributed by atoms with Crippen LogP contribution in [-0.2, 0) is 0 Å². The van der Waals surface area contributed by atoms with E-state index in [2.05, 4.69) is 18.2 Å². The van der Waals surface area contributed by atoms with Crippen LogP contribution in [0.4, 0.5) is 4.39 Å². The van der Waals surface area contributed by atoms with Gasteiger partial charge in [-0.3, -0.25) is 0 Å². The van der Waals surface area contributed by atoms with E-state index >= 15 is 0 Å². The predicted octanol–water partition coefficient (Wildman–Crippen LogP) is 6.02. The van der Waals surface area contributed by atoms with Crippen molar-refractivity contribution in [2.24, 2.45) is 17.8 Å². The second-order valence-corrected chi connectivity index (χ2v) is 7.65. The van der Waals surface area contributed by atoms with Crippen molar-refractivity contribution in [1.82, 2.24) is 0 Å². The van der Waals surface area contributed by atoms with Crippen LogP contribution in [0.2, 0.25) is 0 Å². The van der Waals surface area contributed by atoms with Crippen LogP contribution in [0.3, 0.4) is 0 Å². The van der Waals surface area contributed by atoms with Crippen LogP contribution in [0, 0.1) is 40.4 Å². The average Bonchev–Trinajstić information content (AvgIpc) is 2.69. The number of halogens is 1. The first-order chi connectivity index (χ1) is 12.2. The fraction of sp³-hybridized carbons (Fsp3) is 0.545. The lowest BCUT2D eigenvalue weighted by Gasteiger charge is -2.37. The van der Waals surface area contributed by atoms with Crippen LogP contribution in [0.15, 0.2) is 36.2 Å². The molecule has 0 heterocycles. The molecule has 0 aliphatic heterocycles. The number of benzene rings is 1. The number of nitriles is 2. The first kappa shape index (κ1) is 17.7. The summed E-state index contributed by atoms with van der Waals surface area (Å²) in [6.45, 7) is 0. The van der Waals surface area contributed by atoms with E-state index in [4.69, 9.17) is 10.5 Å². The van der Waals surface area contributed by atoms with E-state index in [0.717, 1.165) is 30.2 Å². The molecule has 0 unspecified atom stereocenters. The minimum atomic E-state index is -0.619. The van der Waals surface area contributed by atoms with Crippen LogP contribution in [0.5, 0.6) is 0 Å². The highest BCUT2D eigenvalue weighted by Crippen LogP contribution is 2.44. The maximum atomic E-state index is 13.1. The van der Waals surface area contributed by atoms with Gasteiger partial charge in [0.05, 0.1) is 11.6 Å². The van der Waals surface area contributed by atoms with Crippen molar-refractivity contribution in [2.75, 3.05) is 0 Å². The van der Waals surface area contributed by atoms with Gasteiger partial charge in [-0.05, 0) is 98.8 Å². The first-order valence-electron chi connectivity index (χ1n) is 9.47. The van der Waals surface area contributed by atoms with Crippen molar-refractivity contribution in [2.45, 2.75) is 57.3 Å². The molecule has 0 saturated heterocycles. The quantitative estimate of drug-likeness (QED) is 0.634. The Kier molecular flexibility index (Phi) is 5.87. The molecule has 130 valence electrons. The van der Waals surface area contributed by atoms with Gasteiger partial charge < -0.3 is 0 Å². The van der Waals surface area contributed by atoms with Crippen LogP contribution >= 0.6 is 0 Å². The second-order valence-electron chi connectivity index (χ2n) is 7.65. The summed E-state index contributed by atoms with van der Waals surface area (Å²) >= 11 is 0. The molecule has 2 saturated carbocycles. The fourth-order valence-electron chi connectivity index (χ4n) is 4.78. The Bertz CT molecular complexity index is 676. The molecule has 2 fully saturated rings. The Morgan fingerprint density at radius 2 is 1.44 bits per heavy atom. The zero-order valence-electron chi connectivity index (χ0n) is 14.6. The third-order valence-corrected chi connectivity index (χ3v) is 6.26. The Morgan fingerprint density at radius 3 is 1.96 bits per heavy atom. The maximum Gasteiger partial charge on any atom is 0.196 e. The Balaban J connectivity index is 1.48. The number of hydrogen-bond donors (Lipinski definition) is 0. The molecule has 2 aliphatic carbocycles. The molecule has 0 atom stereocenters. The first-order valence-corrected chi connectivity index (χ1v) is 9.47. The van der Waals surface area contributed by atoms with Gasteiger partial charge in [0.25, 0.3) is 0 Å². The van der Waals surface area contributed by atoms with Gasteiger partial charge in [0.1, 0.15) is 6.07 Å². The van der Waals surface area contributed by atoms with Gasteiger partial charge in [-0.15, -0.1) is 0 Å². The van der Waals surface area contributed by atoms with Gasteiger partial charge in [0, 0.05) is 0 Å². The smallest absolute Gasteiger partial charge is 0.195 e. The maximum absolute atomic E-state index is 13.1. The molecule has 0 spiro atoms. The number of allylic oxidation sites excluding steroid dienone is 2. The van der Waals surface area contributed by atoms with Crippen LogP contribution in [0.25, 0.3) is 0 Å². The lowest BCUT2D eigenvalue weighted by atomic mass is 9.68. The summed E-state index contributed by atoms with van der Waals surface area (Å²) in [4.78, 5) is 0. The summed E-state index contributed by atoms with van der Waals surface area (Å²) in [5, 5.41) is 17.5. The third kappa shape index (κ3) is 4.49. The van der Waals surface area contributed by atoms with Crippen molar-refractivity contribution in [3.8, 4) is 12.1 Å². The number of nitrogens with zero attached hydrogens (tertiary/aromatic N) is 2. The average molecular weight is 336 g/mol. The molecule has 3 heteroatoms. The highest BCUT2D eigenvalue weighted by Gasteiger charge is 2.31. The van der Waals surface area contributed by atoms with E-state index in [1.54, 1.807) is 6.07 Å². The minimum Gasteiger partial charge on any atom is -0.195 e. The molecule has 1 aromatic rings. The highest BCUT2D eigenvalue weighted by atomic mass is 19.1. The molecule has 0 N–H and O–H groups in total. The van der Waals surface area contributed by atoms with Crippen molar-refractivity contribution >= 4 is 0 Å². The molecule has 0 bridgehead atoms. The molecule has 0 aromatic heterocycles.